The van der Waals surface area contributed by atoms with Crippen molar-refractivity contribution >= 4 is 0 Å². The molecule has 0 radical (unpaired) electrons. The molecule has 0 rings (SSSR count). The Kier molecular flexibility index (Phi) is 6.28. The van der Waals surface area contributed by atoms with Gasteiger partial charge in [0.2, 0.25) is 0 Å². The maximum atomic E-state index is 11.8. The van der Waals surface area contributed by atoms with E-state index < -0.39 is 18.2 Å². The van der Waals surface area contributed by atoms with Crippen LogP contribution in [0.1, 0.15) is 20.3 Å². The zero-order chi connectivity index (χ0) is 12.8. The highest BCUT2D eigenvalue weighted by Gasteiger charge is 2.32. The first-order chi connectivity index (χ1) is 7.27. The standard InChI is InChI=1S/C10H20F3NO2/c1-8(2)9(5-14,6-15)3-4-16-7-10(11,12)13/h8,15H,3-7,14H2,1-2H3. The van der Waals surface area contributed by atoms with E-state index in [-0.39, 0.29) is 25.7 Å². The van der Waals surface area contributed by atoms with Crippen LogP contribution in [0.3, 0.4) is 0 Å². The van der Waals surface area contributed by atoms with Gasteiger partial charge in [-0.1, -0.05) is 13.8 Å². The van der Waals surface area contributed by atoms with Gasteiger partial charge in [0.1, 0.15) is 6.61 Å². The van der Waals surface area contributed by atoms with E-state index in [0.717, 1.165) is 0 Å². The number of aliphatic hydroxyl groups excluding tert-OH is 1. The Labute approximate surface area is 93.8 Å². The van der Waals surface area contributed by atoms with Gasteiger partial charge in [-0.2, -0.15) is 13.2 Å². The maximum absolute atomic E-state index is 11.8. The molecule has 0 aromatic rings. The Morgan fingerprint density at radius 1 is 1.31 bits per heavy atom. The summed E-state index contributed by atoms with van der Waals surface area (Å²) in [5.41, 5.74) is 5.00. The second-order valence-corrected chi connectivity index (χ2v) is 4.30. The first-order valence-corrected chi connectivity index (χ1v) is 5.23. The number of aliphatic hydroxyl groups is 1. The molecule has 3 nitrogen and oxygen atoms in total. The van der Waals surface area contributed by atoms with E-state index in [4.69, 9.17) is 5.73 Å². The van der Waals surface area contributed by atoms with Crippen LogP contribution in [-0.4, -0.2) is 37.6 Å². The maximum Gasteiger partial charge on any atom is 0.411 e. The van der Waals surface area contributed by atoms with E-state index >= 15 is 0 Å². The zero-order valence-corrected chi connectivity index (χ0v) is 9.68. The Balaban J connectivity index is 4.04. The van der Waals surface area contributed by atoms with E-state index in [1.807, 2.05) is 13.8 Å². The summed E-state index contributed by atoms with van der Waals surface area (Å²) < 4.78 is 39.9. The molecule has 0 heterocycles. The Bertz CT molecular complexity index is 191. The Hall–Kier alpha value is -0.330. The van der Waals surface area contributed by atoms with Gasteiger partial charge in [-0.15, -0.1) is 0 Å². The molecule has 0 aromatic heterocycles. The number of halogens is 3. The second kappa shape index (κ2) is 6.42. The average molecular weight is 243 g/mol. The molecule has 0 spiro atoms. The van der Waals surface area contributed by atoms with E-state index in [0.29, 0.717) is 6.42 Å². The predicted molar refractivity (Wildman–Crippen MR) is 54.9 cm³/mol. The molecule has 0 saturated carbocycles. The van der Waals surface area contributed by atoms with E-state index in [1.165, 1.54) is 0 Å². The first-order valence-electron chi connectivity index (χ1n) is 5.23. The van der Waals surface area contributed by atoms with Crippen LogP contribution in [0.25, 0.3) is 0 Å². The molecule has 0 amide bonds. The normalized spacial score (nSPS) is 16.5. The van der Waals surface area contributed by atoms with Crippen LogP contribution in [-0.2, 0) is 4.74 Å². The average Bonchev–Trinajstić information content (AvgIpc) is 2.17. The van der Waals surface area contributed by atoms with Crippen LogP contribution >= 0.6 is 0 Å². The van der Waals surface area contributed by atoms with Crippen molar-refractivity contribution in [3.63, 3.8) is 0 Å². The predicted octanol–water partition coefficient (Wildman–Crippen LogP) is 1.55. The minimum absolute atomic E-state index is 0.0462. The third-order valence-electron chi connectivity index (χ3n) is 2.96. The molecule has 16 heavy (non-hydrogen) atoms. The number of hydrogen-bond donors (Lipinski definition) is 2. The molecule has 0 saturated heterocycles. The fourth-order valence-corrected chi connectivity index (χ4v) is 1.42. The number of rotatable bonds is 7. The monoisotopic (exact) mass is 243 g/mol. The number of nitrogens with two attached hydrogens (primary N) is 1. The van der Waals surface area contributed by atoms with Crippen LogP contribution in [0.4, 0.5) is 13.2 Å². The highest BCUT2D eigenvalue weighted by molar-refractivity contribution is 4.82. The van der Waals surface area contributed by atoms with Gasteiger partial charge in [-0.3, -0.25) is 0 Å². The highest BCUT2D eigenvalue weighted by atomic mass is 19.4. The smallest absolute Gasteiger partial charge is 0.396 e. The van der Waals surface area contributed by atoms with Crippen LogP contribution in [0, 0.1) is 11.3 Å². The van der Waals surface area contributed by atoms with Crippen molar-refractivity contribution in [1.82, 2.24) is 0 Å². The van der Waals surface area contributed by atoms with Crippen molar-refractivity contribution < 1.29 is 23.0 Å². The summed E-state index contributed by atoms with van der Waals surface area (Å²) >= 11 is 0. The summed E-state index contributed by atoms with van der Waals surface area (Å²) in [6.07, 6.45) is -3.98. The highest BCUT2D eigenvalue weighted by Crippen LogP contribution is 2.30. The van der Waals surface area contributed by atoms with Crippen molar-refractivity contribution in [3.05, 3.63) is 0 Å². The fraction of sp³-hybridized carbons (Fsp3) is 1.00. The molecule has 98 valence electrons. The van der Waals surface area contributed by atoms with Crippen LogP contribution in [0.2, 0.25) is 0 Å². The van der Waals surface area contributed by atoms with Crippen molar-refractivity contribution in [2.24, 2.45) is 17.1 Å². The van der Waals surface area contributed by atoms with Crippen molar-refractivity contribution in [1.29, 1.82) is 0 Å². The Morgan fingerprint density at radius 3 is 2.19 bits per heavy atom. The molecule has 0 bridgehead atoms. The Morgan fingerprint density at radius 2 is 1.88 bits per heavy atom. The third-order valence-corrected chi connectivity index (χ3v) is 2.96. The lowest BCUT2D eigenvalue weighted by molar-refractivity contribution is -0.176. The van der Waals surface area contributed by atoms with E-state index in [2.05, 4.69) is 4.74 Å². The van der Waals surface area contributed by atoms with E-state index in [9.17, 15) is 18.3 Å². The summed E-state index contributed by atoms with van der Waals surface area (Å²) in [7, 11) is 0. The summed E-state index contributed by atoms with van der Waals surface area (Å²) in [5, 5.41) is 9.25. The molecule has 0 aliphatic carbocycles. The quantitative estimate of drug-likeness (QED) is 0.667. The van der Waals surface area contributed by atoms with Crippen molar-refractivity contribution in [2.75, 3.05) is 26.4 Å². The minimum atomic E-state index is -4.30. The van der Waals surface area contributed by atoms with Gasteiger partial charge in [0.25, 0.3) is 0 Å². The first kappa shape index (κ1) is 15.7. The molecule has 0 aliphatic rings. The molecular weight excluding hydrogens is 223 g/mol. The lowest BCUT2D eigenvalue weighted by Crippen LogP contribution is -2.40. The van der Waals surface area contributed by atoms with Crippen molar-refractivity contribution in [3.8, 4) is 0 Å². The molecule has 3 N–H and O–H groups in total. The van der Waals surface area contributed by atoms with Gasteiger partial charge in [-0.25, -0.2) is 0 Å². The molecule has 0 aliphatic heterocycles. The van der Waals surface area contributed by atoms with Gasteiger partial charge < -0.3 is 15.6 Å². The zero-order valence-electron chi connectivity index (χ0n) is 9.68. The fourth-order valence-electron chi connectivity index (χ4n) is 1.42. The van der Waals surface area contributed by atoms with Crippen LogP contribution in [0.5, 0.6) is 0 Å². The van der Waals surface area contributed by atoms with E-state index in [1.54, 1.807) is 0 Å². The lowest BCUT2D eigenvalue weighted by Gasteiger charge is -2.34. The SMILES string of the molecule is CC(C)C(CN)(CO)CCOCC(F)(F)F. The molecule has 0 aromatic carbocycles. The molecule has 1 unspecified atom stereocenters. The van der Waals surface area contributed by atoms with Gasteiger partial charge in [0, 0.05) is 18.6 Å². The summed E-state index contributed by atoms with van der Waals surface area (Å²) in [6, 6.07) is 0. The molecule has 1 atom stereocenters. The lowest BCUT2D eigenvalue weighted by atomic mass is 9.75. The molecular formula is C10H20F3NO2. The van der Waals surface area contributed by atoms with Crippen molar-refractivity contribution in [2.45, 2.75) is 26.4 Å². The molecule has 0 fully saturated rings. The molecule has 6 heteroatoms. The van der Waals surface area contributed by atoms with Gasteiger partial charge >= 0.3 is 6.18 Å². The number of ether oxygens (including phenoxy) is 1. The van der Waals surface area contributed by atoms with Crippen LogP contribution in [0.15, 0.2) is 0 Å². The van der Waals surface area contributed by atoms with Crippen LogP contribution < -0.4 is 5.73 Å². The summed E-state index contributed by atoms with van der Waals surface area (Å²) in [6.45, 7) is 2.55. The minimum Gasteiger partial charge on any atom is -0.396 e. The number of hydrogen-bond acceptors (Lipinski definition) is 3. The third kappa shape index (κ3) is 5.14. The largest absolute Gasteiger partial charge is 0.411 e. The topological polar surface area (TPSA) is 55.5 Å². The van der Waals surface area contributed by atoms with Gasteiger partial charge in [0.15, 0.2) is 0 Å². The second-order valence-electron chi connectivity index (χ2n) is 4.30. The number of alkyl halides is 3. The van der Waals surface area contributed by atoms with Gasteiger partial charge in [0.05, 0.1) is 6.61 Å². The van der Waals surface area contributed by atoms with Gasteiger partial charge in [-0.05, 0) is 12.3 Å². The summed E-state index contributed by atoms with van der Waals surface area (Å²) in [4.78, 5) is 0. The summed E-state index contributed by atoms with van der Waals surface area (Å²) in [5.74, 6) is 0.0944.